The van der Waals surface area contributed by atoms with Crippen molar-refractivity contribution in [3.05, 3.63) is 48.4 Å². The first kappa shape index (κ1) is 23.0. The lowest BCUT2D eigenvalue weighted by Gasteiger charge is -2.34. The number of rotatable bonds is 8. The minimum atomic E-state index is 0.0427. The molecule has 2 amide bonds. The number of aromatic nitrogens is 3. The Morgan fingerprint density at radius 1 is 1.12 bits per heavy atom. The third-order valence-corrected chi connectivity index (χ3v) is 5.91. The van der Waals surface area contributed by atoms with Gasteiger partial charge in [0.1, 0.15) is 17.1 Å². The summed E-state index contributed by atoms with van der Waals surface area (Å²) in [5.74, 6) is 2.39. The van der Waals surface area contributed by atoms with Crippen LogP contribution in [0.5, 0.6) is 5.75 Å². The first-order chi connectivity index (χ1) is 16.0. The Morgan fingerprint density at radius 3 is 2.58 bits per heavy atom. The van der Waals surface area contributed by atoms with E-state index in [2.05, 4.69) is 33.6 Å². The minimum Gasteiger partial charge on any atom is -0.494 e. The van der Waals surface area contributed by atoms with E-state index in [4.69, 9.17) is 9.72 Å². The molecule has 0 aliphatic carbocycles. The van der Waals surface area contributed by atoms with Crippen molar-refractivity contribution < 1.29 is 9.53 Å². The number of amides is 2. The average Bonchev–Trinajstić information content (AvgIpc) is 3.18. The summed E-state index contributed by atoms with van der Waals surface area (Å²) in [4.78, 5) is 26.2. The van der Waals surface area contributed by atoms with E-state index in [1.54, 1.807) is 6.20 Å². The quantitative estimate of drug-likeness (QED) is 0.566. The third kappa shape index (κ3) is 5.63. The summed E-state index contributed by atoms with van der Waals surface area (Å²) in [6, 6.07) is 12.0. The molecule has 1 saturated heterocycles. The topological polar surface area (TPSA) is 75.5 Å². The second-order valence-electron chi connectivity index (χ2n) is 8.81. The molecule has 1 fully saturated rings. The summed E-state index contributed by atoms with van der Waals surface area (Å²) >= 11 is 0. The zero-order valence-corrected chi connectivity index (χ0v) is 19.8. The molecule has 8 nitrogen and oxygen atoms in total. The fraction of sp³-hybridized carbons (Fsp3) is 0.480. The predicted octanol–water partition coefficient (Wildman–Crippen LogP) is 3.69. The Morgan fingerprint density at radius 2 is 1.88 bits per heavy atom. The Labute approximate surface area is 195 Å². The number of urea groups is 1. The number of ether oxygens (including phenoxy) is 1. The number of hydrogen-bond acceptors (Lipinski definition) is 5. The van der Waals surface area contributed by atoms with Gasteiger partial charge in [0.05, 0.1) is 13.2 Å². The molecule has 0 unspecified atom stereocenters. The molecule has 1 aromatic carbocycles. The highest BCUT2D eigenvalue weighted by atomic mass is 16.5. The van der Waals surface area contributed by atoms with Crippen LogP contribution in [-0.4, -0.2) is 69.7 Å². The van der Waals surface area contributed by atoms with Gasteiger partial charge in [-0.15, -0.1) is 0 Å². The summed E-state index contributed by atoms with van der Waals surface area (Å²) in [6.07, 6.45) is 2.80. The Bertz CT molecular complexity index is 1050. The average molecular weight is 451 g/mol. The molecule has 4 rings (SSSR count). The maximum absolute atomic E-state index is 12.4. The van der Waals surface area contributed by atoms with E-state index in [0.29, 0.717) is 19.1 Å². The molecular weight excluding hydrogens is 416 g/mol. The molecule has 0 radical (unpaired) electrons. The minimum absolute atomic E-state index is 0.0427. The van der Waals surface area contributed by atoms with Crippen LogP contribution in [0.4, 0.5) is 4.79 Å². The van der Waals surface area contributed by atoms with Gasteiger partial charge in [0.25, 0.3) is 0 Å². The van der Waals surface area contributed by atoms with Crippen molar-refractivity contribution in [1.82, 2.24) is 29.7 Å². The van der Waals surface area contributed by atoms with Crippen molar-refractivity contribution in [3.8, 4) is 11.4 Å². The Hall–Kier alpha value is -3.13. The van der Waals surface area contributed by atoms with Gasteiger partial charge in [-0.3, -0.25) is 9.47 Å². The summed E-state index contributed by atoms with van der Waals surface area (Å²) < 4.78 is 7.72. The molecule has 0 saturated carbocycles. The van der Waals surface area contributed by atoms with E-state index >= 15 is 0 Å². The number of piperazine rings is 1. The van der Waals surface area contributed by atoms with Gasteiger partial charge in [0, 0.05) is 44.6 Å². The smallest absolute Gasteiger partial charge is 0.317 e. The maximum Gasteiger partial charge on any atom is 0.317 e. The fourth-order valence-electron chi connectivity index (χ4n) is 4.08. The molecule has 3 aromatic rings. The summed E-state index contributed by atoms with van der Waals surface area (Å²) in [5.41, 5.74) is 2.74. The van der Waals surface area contributed by atoms with E-state index in [1.165, 1.54) is 0 Å². The SMILES string of the molecule is CCOc1ccc(-n2c(CN3CCN(C(=O)NCCC(C)C)CC3)nc3cccnc32)cc1. The molecular formula is C25H34N6O2. The van der Waals surface area contributed by atoms with Crippen molar-refractivity contribution in [1.29, 1.82) is 0 Å². The molecule has 0 bridgehead atoms. The molecule has 3 heterocycles. The number of nitrogens with zero attached hydrogens (tertiary/aromatic N) is 5. The first-order valence-corrected chi connectivity index (χ1v) is 11.9. The van der Waals surface area contributed by atoms with E-state index in [-0.39, 0.29) is 6.03 Å². The second-order valence-corrected chi connectivity index (χ2v) is 8.81. The predicted molar refractivity (Wildman–Crippen MR) is 130 cm³/mol. The van der Waals surface area contributed by atoms with E-state index < -0.39 is 0 Å². The first-order valence-electron chi connectivity index (χ1n) is 11.9. The van der Waals surface area contributed by atoms with Gasteiger partial charge in [-0.2, -0.15) is 0 Å². The number of carbonyl (C=O) groups is 1. The van der Waals surface area contributed by atoms with Gasteiger partial charge >= 0.3 is 6.03 Å². The molecule has 8 heteroatoms. The Balaban J connectivity index is 1.45. The standard InChI is InChI=1S/C25H34N6O2/c1-4-33-21-9-7-20(8-10-21)31-23(28-22-6-5-12-26-24(22)31)18-29-14-16-30(17-15-29)25(32)27-13-11-19(2)3/h5-10,12,19H,4,11,13-18H2,1-3H3,(H,27,32). The number of hydrogen-bond donors (Lipinski definition) is 1. The summed E-state index contributed by atoms with van der Waals surface area (Å²) in [7, 11) is 0. The van der Waals surface area contributed by atoms with Crippen LogP contribution >= 0.6 is 0 Å². The fourth-order valence-corrected chi connectivity index (χ4v) is 4.08. The zero-order chi connectivity index (χ0) is 23.2. The van der Waals surface area contributed by atoms with Crippen LogP contribution < -0.4 is 10.1 Å². The number of carbonyl (C=O) groups excluding carboxylic acids is 1. The van der Waals surface area contributed by atoms with Crippen LogP contribution in [0.3, 0.4) is 0 Å². The Kier molecular flexibility index (Phi) is 7.44. The summed E-state index contributed by atoms with van der Waals surface area (Å²) in [6.45, 7) is 11.5. The van der Waals surface area contributed by atoms with Crippen molar-refractivity contribution in [3.63, 3.8) is 0 Å². The molecule has 0 spiro atoms. The van der Waals surface area contributed by atoms with Crippen molar-refractivity contribution in [2.45, 2.75) is 33.7 Å². The number of pyridine rings is 1. The van der Waals surface area contributed by atoms with Gasteiger partial charge in [0.2, 0.25) is 0 Å². The van der Waals surface area contributed by atoms with Crippen LogP contribution in [0.25, 0.3) is 16.9 Å². The van der Waals surface area contributed by atoms with Crippen LogP contribution in [0, 0.1) is 5.92 Å². The van der Waals surface area contributed by atoms with Gasteiger partial charge < -0.3 is 15.0 Å². The van der Waals surface area contributed by atoms with Gasteiger partial charge in [-0.1, -0.05) is 13.8 Å². The molecule has 176 valence electrons. The van der Waals surface area contributed by atoms with Crippen LogP contribution in [0.15, 0.2) is 42.6 Å². The van der Waals surface area contributed by atoms with Crippen LogP contribution in [-0.2, 0) is 6.54 Å². The largest absolute Gasteiger partial charge is 0.494 e. The van der Waals surface area contributed by atoms with E-state index in [9.17, 15) is 4.79 Å². The molecule has 2 aromatic heterocycles. The monoisotopic (exact) mass is 450 g/mol. The zero-order valence-electron chi connectivity index (χ0n) is 19.8. The van der Waals surface area contributed by atoms with Crippen molar-refractivity contribution in [2.75, 3.05) is 39.3 Å². The van der Waals surface area contributed by atoms with Gasteiger partial charge in [0.15, 0.2) is 5.65 Å². The number of nitrogens with one attached hydrogen (secondary N) is 1. The molecule has 0 atom stereocenters. The highest BCUT2D eigenvalue weighted by Crippen LogP contribution is 2.23. The third-order valence-electron chi connectivity index (χ3n) is 5.91. The molecule has 1 N–H and O–H groups in total. The molecule has 1 aliphatic heterocycles. The number of fused-ring (bicyclic) bond motifs is 1. The van der Waals surface area contributed by atoms with Crippen LogP contribution in [0.1, 0.15) is 33.0 Å². The van der Waals surface area contributed by atoms with Crippen LogP contribution in [0.2, 0.25) is 0 Å². The van der Waals surface area contributed by atoms with E-state index in [0.717, 1.165) is 67.6 Å². The number of benzene rings is 1. The molecule has 1 aliphatic rings. The lowest BCUT2D eigenvalue weighted by molar-refractivity contribution is 0.133. The van der Waals surface area contributed by atoms with E-state index in [1.807, 2.05) is 48.2 Å². The van der Waals surface area contributed by atoms with Gasteiger partial charge in [-0.05, 0) is 55.7 Å². The van der Waals surface area contributed by atoms with Gasteiger partial charge in [-0.25, -0.2) is 14.8 Å². The van der Waals surface area contributed by atoms with Crippen molar-refractivity contribution in [2.24, 2.45) is 5.92 Å². The lowest BCUT2D eigenvalue weighted by Crippen LogP contribution is -2.51. The summed E-state index contributed by atoms with van der Waals surface area (Å²) in [5, 5.41) is 3.04. The second kappa shape index (κ2) is 10.7. The lowest BCUT2D eigenvalue weighted by atomic mass is 10.1. The highest BCUT2D eigenvalue weighted by molar-refractivity contribution is 5.74. The maximum atomic E-state index is 12.4. The van der Waals surface area contributed by atoms with Crippen molar-refractivity contribution >= 4 is 17.2 Å². The molecule has 33 heavy (non-hydrogen) atoms. The normalized spacial score (nSPS) is 14.7. The number of imidazole rings is 1. The highest BCUT2D eigenvalue weighted by Gasteiger charge is 2.23.